The fraction of sp³-hybridized carbons (Fsp3) is 0.125. The van der Waals surface area contributed by atoms with E-state index in [1.54, 1.807) is 24.3 Å². The van der Waals surface area contributed by atoms with E-state index < -0.39 is 5.97 Å². The van der Waals surface area contributed by atoms with Gasteiger partial charge in [0, 0.05) is 12.2 Å². The number of aromatic carboxylic acids is 1. The monoisotopic (exact) mass is 284 g/mol. The molecule has 2 aromatic rings. The van der Waals surface area contributed by atoms with E-state index in [0.717, 1.165) is 11.1 Å². The summed E-state index contributed by atoms with van der Waals surface area (Å²) >= 11 is 0. The van der Waals surface area contributed by atoms with Gasteiger partial charge in [-0.3, -0.25) is 4.79 Å². The van der Waals surface area contributed by atoms with Crippen molar-refractivity contribution in [3.63, 3.8) is 0 Å². The Morgan fingerprint density at radius 3 is 2.43 bits per heavy atom. The molecule has 0 heterocycles. The van der Waals surface area contributed by atoms with Gasteiger partial charge in [-0.1, -0.05) is 23.8 Å². The van der Waals surface area contributed by atoms with Gasteiger partial charge in [0.25, 0.3) is 5.91 Å². The number of nitrogens with two attached hydrogens (primary N) is 1. The number of carboxylic acids is 1. The highest BCUT2D eigenvalue weighted by molar-refractivity contribution is 5.99. The highest BCUT2D eigenvalue weighted by atomic mass is 16.4. The molecule has 108 valence electrons. The molecule has 5 nitrogen and oxygen atoms in total. The maximum absolute atomic E-state index is 12.1. The number of anilines is 1. The molecule has 4 N–H and O–H groups in total. The number of carboxylic acid groups (broad SMARTS) is 1. The standard InChI is InChI=1S/C16H16N2O3/c1-10-2-7-14(17)13(8-10)15(19)18-9-11-3-5-12(6-4-11)16(20)21/h2-8H,9,17H2,1H3,(H,18,19)(H,20,21). The summed E-state index contributed by atoms with van der Waals surface area (Å²) in [7, 11) is 0. The maximum Gasteiger partial charge on any atom is 0.335 e. The summed E-state index contributed by atoms with van der Waals surface area (Å²) in [6, 6.07) is 11.6. The molecule has 1 amide bonds. The first-order valence-corrected chi connectivity index (χ1v) is 6.44. The number of hydrogen-bond donors (Lipinski definition) is 3. The molecule has 0 aliphatic carbocycles. The Hall–Kier alpha value is -2.82. The van der Waals surface area contributed by atoms with Crippen LogP contribution in [0.15, 0.2) is 42.5 Å². The molecular weight excluding hydrogens is 268 g/mol. The smallest absolute Gasteiger partial charge is 0.335 e. The molecule has 0 bridgehead atoms. The van der Waals surface area contributed by atoms with Gasteiger partial charge in [0.15, 0.2) is 0 Å². The van der Waals surface area contributed by atoms with Crippen molar-refractivity contribution in [1.29, 1.82) is 0 Å². The van der Waals surface area contributed by atoms with Gasteiger partial charge in [0.2, 0.25) is 0 Å². The van der Waals surface area contributed by atoms with Crippen molar-refractivity contribution in [2.24, 2.45) is 0 Å². The molecule has 0 aromatic heterocycles. The normalized spacial score (nSPS) is 10.1. The first kappa shape index (κ1) is 14.6. The van der Waals surface area contributed by atoms with Gasteiger partial charge in [0.1, 0.15) is 0 Å². The molecule has 2 aromatic carbocycles. The number of nitrogens with one attached hydrogen (secondary N) is 1. The van der Waals surface area contributed by atoms with Gasteiger partial charge in [0.05, 0.1) is 11.1 Å². The molecule has 0 unspecified atom stereocenters. The summed E-state index contributed by atoms with van der Waals surface area (Å²) in [5.74, 6) is -1.23. The van der Waals surface area contributed by atoms with Gasteiger partial charge in [-0.15, -0.1) is 0 Å². The molecule has 21 heavy (non-hydrogen) atoms. The fourth-order valence-electron chi connectivity index (χ4n) is 1.91. The van der Waals surface area contributed by atoms with Crippen LogP contribution < -0.4 is 11.1 Å². The predicted molar refractivity (Wildman–Crippen MR) is 80.2 cm³/mol. The number of nitrogen functional groups attached to an aromatic ring is 1. The van der Waals surface area contributed by atoms with Gasteiger partial charge in [-0.25, -0.2) is 4.79 Å². The Bertz CT molecular complexity index is 678. The van der Waals surface area contributed by atoms with Crippen molar-refractivity contribution < 1.29 is 14.7 Å². The van der Waals surface area contributed by atoms with Crippen LogP contribution in [-0.2, 0) is 6.54 Å². The van der Waals surface area contributed by atoms with Crippen LogP contribution >= 0.6 is 0 Å². The molecule has 0 spiro atoms. The number of rotatable bonds is 4. The van der Waals surface area contributed by atoms with E-state index in [-0.39, 0.29) is 11.5 Å². The van der Waals surface area contributed by atoms with Crippen molar-refractivity contribution in [2.45, 2.75) is 13.5 Å². The van der Waals surface area contributed by atoms with E-state index >= 15 is 0 Å². The third-order valence-electron chi connectivity index (χ3n) is 3.11. The lowest BCUT2D eigenvalue weighted by Crippen LogP contribution is -2.23. The Labute approximate surface area is 122 Å². The van der Waals surface area contributed by atoms with Gasteiger partial charge in [-0.05, 0) is 36.8 Å². The second-order valence-electron chi connectivity index (χ2n) is 4.78. The third kappa shape index (κ3) is 3.60. The van der Waals surface area contributed by atoms with Crippen LogP contribution in [0.1, 0.15) is 31.8 Å². The van der Waals surface area contributed by atoms with Crippen LogP contribution in [0.4, 0.5) is 5.69 Å². The number of aryl methyl sites for hydroxylation is 1. The molecule has 0 aliphatic heterocycles. The second-order valence-corrected chi connectivity index (χ2v) is 4.78. The zero-order valence-corrected chi connectivity index (χ0v) is 11.6. The Morgan fingerprint density at radius 2 is 1.81 bits per heavy atom. The van der Waals surface area contributed by atoms with E-state index in [9.17, 15) is 9.59 Å². The van der Waals surface area contributed by atoms with Crippen molar-refractivity contribution in [2.75, 3.05) is 5.73 Å². The van der Waals surface area contributed by atoms with Crippen LogP contribution in [0.3, 0.4) is 0 Å². The van der Waals surface area contributed by atoms with Crippen molar-refractivity contribution in [3.8, 4) is 0 Å². The second kappa shape index (κ2) is 6.09. The maximum atomic E-state index is 12.1. The van der Waals surface area contributed by atoms with E-state index in [1.807, 2.05) is 13.0 Å². The van der Waals surface area contributed by atoms with E-state index in [4.69, 9.17) is 10.8 Å². The predicted octanol–water partition coefficient (Wildman–Crippen LogP) is 2.21. The summed E-state index contributed by atoms with van der Waals surface area (Å²) in [5.41, 5.74) is 8.65. The number of amides is 1. The molecule has 5 heteroatoms. The molecule has 0 aliphatic rings. The number of benzene rings is 2. The zero-order chi connectivity index (χ0) is 15.4. The summed E-state index contributed by atoms with van der Waals surface area (Å²) in [4.78, 5) is 22.8. The minimum atomic E-state index is -0.974. The van der Waals surface area contributed by atoms with Crippen LogP contribution in [0.25, 0.3) is 0 Å². The first-order valence-electron chi connectivity index (χ1n) is 6.44. The number of carbonyl (C=O) groups excluding carboxylic acids is 1. The molecule has 0 saturated carbocycles. The summed E-state index contributed by atoms with van der Waals surface area (Å²) in [5, 5.41) is 11.6. The third-order valence-corrected chi connectivity index (χ3v) is 3.11. The molecule has 0 radical (unpaired) electrons. The van der Waals surface area contributed by atoms with Crippen molar-refractivity contribution in [1.82, 2.24) is 5.32 Å². The van der Waals surface area contributed by atoms with E-state index in [0.29, 0.717) is 17.8 Å². The number of carbonyl (C=O) groups is 2. The van der Waals surface area contributed by atoms with Crippen LogP contribution in [0, 0.1) is 6.92 Å². The topological polar surface area (TPSA) is 92.4 Å². The summed E-state index contributed by atoms with van der Waals surface area (Å²) < 4.78 is 0. The highest BCUT2D eigenvalue weighted by Gasteiger charge is 2.09. The molecular formula is C16H16N2O3. The largest absolute Gasteiger partial charge is 0.478 e. The Kier molecular flexibility index (Phi) is 4.23. The summed E-state index contributed by atoms with van der Waals surface area (Å²) in [6.45, 7) is 2.20. The van der Waals surface area contributed by atoms with E-state index in [2.05, 4.69) is 5.32 Å². The zero-order valence-electron chi connectivity index (χ0n) is 11.6. The lowest BCUT2D eigenvalue weighted by molar-refractivity contribution is 0.0696. The summed E-state index contributed by atoms with van der Waals surface area (Å²) in [6.07, 6.45) is 0. The average Bonchev–Trinajstić information content (AvgIpc) is 2.47. The average molecular weight is 284 g/mol. The lowest BCUT2D eigenvalue weighted by atomic mass is 10.1. The molecule has 0 saturated heterocycles. The van der Waals surface area contributed by atoms with E-state index in [1.165, 1.54) is 12.1 Å². The SMILES string of the molecule is Cc1ccc(N)c(C(=O)NCc2ccc(C(=O)O)cc2)c1. The van der Waals surface area contributed by atoms with Gasteiger partial charge in [-0.2, -0.15) is 0 Å². The minimum Gasteiger partial charge on any atom is -0.478 e. The van der Waals surface area contributed by atoms with Crippen LogP contribution in [-0.4, -0.2) is 17.0 Å². The molecule has 2 rings (SSSR count). The molecule has 0 fully saturated rings. The Balaban J connectivity index is 2.04. The minimum absolute atomic E-state index is 0.216. The van der Waals surface area contributed by atoms with Gasteiger partial charge < -0.3 is 16.2 Å². The van der Waals surface area contributed by atoms with Crippen LogP contribution in [0.5, 0.6) is 0 Å². The number of hydrogen-bond acceptors (Lipinski definition) is 3. The van der Waals surface area contributed by atoms with Crippen molar-refractivity contribution in [3.05, 3.63) is 64.7 Å². The quantitative estimate of drug-likeness (QED) is 0.750. The fourth-order valence-corrected chi connectivity index (χ4v) is 1.91. The van der Waals surface area contributed by atoms with Crippen molar-refractivity contribution >= 4 is 17.6 Å². The highest BCUT2D eigenvalue weighted by Crippen LogP contribution is 2.14. The Morgan fingerprint density at radius 1 is 1.14 bits per heavy atom. The first-order chi connectivity index (χ1) is 9.97. The lowest BCUT2D eigenvalue weighted by Gasteiger charge is -2.08. The molecule has 0 atom stereocenters. The van der Waals surface area contributed by atoms with Crippen LogP contribution in [0.2, 0.25) is 0 Å². The van der Waals surface area contributed by atoms with Gasteiger partial charge >= 0.3 is 5.97 Å².